The predicted octanol–water partition coefficient (Wildman–Crippen LogP) is 2.94. The van der Waals surface area contributed by atoms with Crippen LogP contribution in [0.5, 0.6) is 0 Å². The van der Waals surface area contributed by atoms with Gasteiger partial charge in [-0.2, -0.15) is 0 Å². The van der Waals surface area contributed by atoms with Crippen molar-refractivity contribution >= 4 is 23.2 Å². The van der Waals surface area contributed by atoms with Crippen LogP contribution in [0.15, 0.2) is 24.3 Å². The van der Waals surface area contributed by atoms with Crippen molar-refractivity contribution in [3.8, 4) is 0 Å². The first kappa shape index (κ1) is 13.2. The molecule has 0 aromatic heterocycles. The number of carbonyl (C=O) groups excluding carboxylic acids is 2. The van der Waals surface area contributed by atoms with E-state index in [1.54, 1.807) is 0 Å². The van der Waals surface area contributed by atoms with E-state index in [2.05, 4.69) is 5.32 Å². The van der Waals surface area contributed by atoms with Crippen molar-refractivity contribution in [3.63, 3.8) is 0 Å². The van der Waals surface area contributed by atoms with Gasteiger partial charge in [0.05, 0.1) is 0 Å². The maximum Gasteiger partial charge on any atom is 0.230 e. The molecule has 3 rings (SSSR count). The molecule has 1 aromatic rings. The van der Waals surface area contributed by atoms with E-state index in [-0.39, 0.29) is 17.7 Å². The highest BCUT2D eigenvalue weighted by molar-refractivity contribution is 5.97. The highest BCUT2D eigenvalue weighted by atomic mass is 16.2. The summed E-state index contributed by atoms with van der Waals surface area (Å²) in [4.78, 5) is 25.5. The van der Waals surface area contributed by atoms with Gasteiger partial charge in [0, 0.05) is 30.3 Å². The molecule has 1 aromatic carbocycles. The second kappa shape index (κ2) is 5.27. The topological polar surface area (TPSA) is 49.4 Å². The average Bonchev–Trinajstić information content (AvgIpc) is 3.13. The lowest BCUT2D eigenvalue weighted by Crippen LogP contribution is -2.40. The Labute approximate surface area is 119 Å². The third kappa shape index (κ3) is 2.69. The van der Waals surface area contributed by atoms with E-state index in [1.807, 2.05) is 29.2 Å². The summed E-state index contributed by atoms with van der Waals surface area (Å²) < 4.78 is 0. The summed E-state index contributed by atoms with van der Waals surface area (Å²) in [5, 5.41) is 2.75. The van der Waals surface area contributed by atoms with Crippen molar-refractivity contribution in [2.24, 2.45) is 5.92 Å². The first-order chi connectivity index (χ1) is 9.65. The lowest BCUT2D eigenvalue weighted by atomic mass is 9.84. The predicted molar refractivity (Wildman–Crippen MR) is 78.6 cm³/mol. The first-order valence-corrected chi connectivity index (χ1v) is 7.36. The van der Waals surface area contributed by atoms with Crippen molar-refractivity contribution < 1.29 is 9.59 Å². The molecule has 2 saturated carbocycles. The zero-order valence-corrected chi connectivity index (χ0v) is 11.8. The van der Waals surface area contributed by atoms with Gasteiger partial charge in [-0.05, 0) is 49.9 Å². The first-order valence-electron chi connectivity index (χ1n) is 7.36. The van der Waals surface area contributed by atoms with Crippen molar-refractivity contribution in [2.75, 3.05) is 10.2 Å². The van der Waals surface area contributed by atoms with E-state index in [9.17, 15) is 9.59 Å². The second-order valence-corrected chi connectivity index (χ2v) is 5.80. The molecular formula is C16H20N2O2. The minimum Gasteiger partial charge on any atom is -0.326 e. The van der Waals surface area contributed by atoms with Gasteiger partial charge in [0.15, 0.2) is 0 Å². The minimum absolute atomic E-state index is 0.0812. The molecule has 0 spiro atoms. The molecule has 4 nitrogen and oxygen atoms in total. The third-order valence-corrected chi connectivity index (χ3v) is 4.07. The summed E-state index contributed by atoms with van der Waals surface area (Å²) in [6, 6.07) is 7.97. The molecule has 0 radical (unpaired) electrons. The maximum atomic E-state index is 12.5. The molecule has 0 atom stereocenters. The normalized spacial score (nSPS) is 18.2. The number of amides is 2. The molecule has 1 N–H and O–H groups in total. The molecule has 106 valence electrons. The van der Waals surface area contributed by atoms with Crippen molar-refractivity contribution in [2.45, 2.75) is 45.1 Å². The Kier molecular flexibility index (Phi) is 3.47. The van der Waals surface area contributed by atoms with E-state index in [1.165, 1.54) is 13.3 Å². The monoisotopic (exact) mass is 272 g/mol. The van der Waals surface area contributed by atoms with E-state index in [0.717, 1.165) is 37.1 Å². The molecule has 0 unspecified atom stereocenters. The number of nitrogens with zero attached hydrogens (tertiary/aromatic N) is 1. The summed E-state index contributed by atoms with van der Waals surface area (Å²) in [5.74, 6) is 0.430. The summed E-state index contributed by atoms with van der Waals surface area (Å²) in [5.41, 5.74) is 1.73. The molecule has 2 aliphatic carbocycles. The standard InChI is InChI=1S/C16H20N2O2/c1-11(19)17-13-5-7-14(8-6-13)18(15-9-10-15)16(20)12-3-2-4-12/h5-8,12,15H,2-4,9-10H2,1H3,(H,17,19). The molecule has 2 fully saturated rings. The molecule has 0 heterocycles. The van der Waals surface area contributed by atoms with Crippen LogP contribution in [0.2, 0.25) is 0 Å². The van der Waals surface area contributed by atoms with Crippen LogP contribution in [-0.4, -0.2) is 17.9 Å². The fraction of sp³-hybridized carbons (Fsp3) is 0.500. The average molecular weight is 272 g/mol. The van der Waals surface area contributed by atoms with Crippen LogP contribution in [0.1, 0.15) is 39.0 Å². The van der Waals surface area contributed by atoms with Gasteiger partial charge in [0.2, 0.25) is 11.8 Å². The SMILES string of the molecule is CC(=O)Nc1ccc(N(C(=O)C2CCC2)C2CC2)cc1. The Morgan fingerprint density at radius 2 is 1.75 bits per heavy atom. The highest BCUT2D eigenvalue weighted by Gasteiger charge is 2.38. The molecule has 0 saturated heterocycles. The number of anilines is 2. The fourth-order valence-corrected chi connectivity index (χ4v) is 2.61. The zero-order valence-electron chi connectivity index (χ0n) is 11.8. The summed E-state index contributed by atoms with van der Waals surface area (Å²) in [6.45, 7) is 1.49. The number of carbonyl (C=O) groups is 2. The number of rotatable bonds is 4. The summed E-state index contributed by atoms with van der Waals surface area (Å²) in [6.07, 6.45) is 5.45. The quantitative estimate of drug-likeness (QED) is 0.916. The Morgan fingerprint density at radius 3 is 2.20 bits per heavy atom. The zero-order chi connectivity index (χ0) is 14.1. The molecule has 20 heavy (non-hydrogen) atoms. The van der Waals surface area contributed by atoms with Gasteiger partial charge in [0.25, 0.3) is 0 Å². The van der Waals surface area contributed by atoms with Gasteiger partial charge >= 0.3 is 0 Å². The van der Waals surface area contributed by atoms with Gasteiger partial charge in [0.1, 0.15) is 0 Å². The van der Waals surface area contributed by atoms with Crippen LogP contribution < -0.4 is 10.2 Å². The molecule has 4 heteroatoms. The van der Waals surface area contributed by atoms with Gasteiger partial charge in [-0.1, -0.05) is 6.42 Å². The number of hydrogen-bond acceptors (Lipinski definition) is 2. The molecule has 2 aliphatic rings. The van der Waals surface area contributed by atoms with Crippen molar-refractivity contribution in [1.82, 2.24) is 0 Å². The highest BCUT2D eigenvalue weighted by Crippen LogP contribution is 2.37. The number of hydrogen-bond donors (Lipinski definition) is 1. The maximum absolute atomic E-state index is 12.5. The third-order valence-electron chi connectivity index (χ3n) is 4.07. The fourth-order valence-electron chi connectivity index (χ4n) is 2.61. The van der Waals surface area contributed by atoms with Crippen LogP contribution in [0.3, 0.4) is 0 Å². The van der Waals surface area contributed by atoms with E-state index < -0.39 is 0 Å². The molecular weight excluding hydrogens is 252 g/mol. The van der Waals surface area contributed by atoms with Crippen LogP contribution in [-0.2, 0) is 9.59 Å². The smallest absolute Gasteiger partial charge is 0.230 e. The Balaban J connectivity index is 1.77. The summed E-state index contributed by atoms with van der Waals surface area (Å²) >= 11 is 0. The summed E-state index contributed by atoms with van der Waals surface area (Å²) in [7, 11) is 0. The Hall–Kier alpha value is -1.84. The molecule has 0 aliphatic heterocycles. The Morgan fingerprint density at radius 1 is 1.10 bits per heavy atom. The number of nitrogens with one attached hydrogen (secondary N) is 1. The van der Waals surface area contributed by atoms with Gasteiger partial charge < -0.3 is 10.2 Å². The number of benzene rings is 1. The van der Waals surface area contributed by atoms with E-state index in [4.69, 9.17) is 0 Å². The second-order valence-electron chi connectivity index (χ2n) is 5.80. The van der Waals surface area contributed by atoms with E-state index >= 15 is 0 Å². The molecule has 0 bridgehead atoms. The molecule has 2 amide bonds. The van der Waals surface area contributed by atoms with Gasteiger partial charge in [-0.3, -0.25) is 9.59 Å². The lowest BCUT2D eigenvalue weighted by Gasteiger charge is -2.32. The van der Waals surface area contributed by atoms with Crippen LogP contribution >= 0.6 is 0 Å². The minimum atomic E-state index is -0.0812. The van der Waals surface area contributed by atoms with Crippen molar-refractivity contribution in [1.29, 1.82) is 0 Å². The van der Waals surface area contributed by atoms with Gasteiger partial charge in [-0.15, -0.1) is 0 Å². The van der Waals surface area contributed by atoms with Gasteiger partial charge in [-0.25, -0.2) is 0 Å². The largest absolute Gasteiger partial charge is 0.326 e. The Bertz CT molecular complexity index is 516. The van der Waals surface area contributed by atoms with Crippen LogP contribution in [0.25, 0.3) is 0 Å². The van der Waals surface area contributed by atoms with Crippen LogP contribution in [0, 0.1) is 5.92 Å². The van der Waals surface area contributed by atoms with E-state index in [0.29, 0.717) is 6.04 Å². The van der Waals surface area contributed by atoms with Crippen molar-refractivity contribution in [3.05, 3.63) is 24.3 Å². The van der Waals surface area contributed by atoms with Crippen LogP contribution in [0.4, 0.5) is 11.4 Å². The lowest BCUT2D eigenvalue weighted by molar-refractivity contribution is -0.124.